The van der Waals surface area contributed by atoms with Crippen LogP contribution in [0.2, 0.25) is 0 Å². The maximum Gasteiger partial charge on any atom is 0.326 e. The number of piperidine rings is 1. The Morgan fingerprint density at radius 3 is 2.60 bits per heavy atom. The Balaban J connectivity index is 1.58. The Morgan fingerprint density at radius 1 is 1.24 bits per heavy atom. The normalized spacial score (nSPS) is 31.4. The Morgan fingerprint density at radius 2 is 1.96 bits per heavy atom. The van der Waals surface area contributed by atoms with Gasteiger partial charge in [-0.1, -0.05) is 19.8 Å². The van der Waals surface area contributed by atoms with Crippen LogP contribution in [0.5, 0.6) is 0 Å². The molecule has 0 aromatic rings. The largest absolute Gasteiger partial charge is 0.466 e. The third kappa shape index (κ3) is 3.38. The molecule has 0 aromatic heterocycles. The van der Waals surface area contributed by atoms with Crippen molar-refractivity contribution in [2.75, 3.05) is 26.4 Å². The zero-order chi connectivity index (χ0) is 18.0. The van der Waals surface area contributed by atoms with Gasteiger partial charge in [-0.05, 0) is 38.5 Å². The van der Waals surface area contributed by atoms with E-state index in [1.54, 1.807) is 0 Å². The molecule has 3 aliphatic rings. The summed E-state index contributed by atoms with van der Waals surface area (Å²) in [6.07, 6.45) is 5.24. The van der Waals surface area contributed by atoms with Gasteiger partial charge in [0.2, 0.25) is 0 Å². The van der Waals surface area contributed by atoms with Crippen LogP contribution in [-0.2, 0) is 14.3 Å². The van der Waals surface area contributed by atoms with Crippen molar-refractivity contribution in [2.24, 2.45) is 11.8 Å². The lowest BCUT2D eigenvalue weighted by Crippen LogP contribution is -2.54. The van der Waals surface area contributed by atoms with Crippen LogP contribution in [0.25, 0.3) is 0 Å². The van der Waals surface area contributed by atoms with Gasteiger partial charge in [0, 0.05) is 13.1 Å². The molecule has 1 saturated carbocycles. The number of esters is 1. The first kappa shape index (κ1) is 18.2. The smallest absolute Gasteiger partial charge is 0.326 e. The van der Waals surface area contributed by atoms with E-state index in [1.165, 1.54) is 4.90 Å². The second-order valence-corrected chi connectivity index (χ2v) is 7.57. The summed E-state index contributed by atoms with van der Waals surface area (Å²) >= 11 is 0. The highest BCUT2D eigenvalue weighted by Crippen LogP contribution is 2.38. The molecule has 0 radical (unpaired) electrons. The fourth-order valence-corrected chi connectivity index (χ4v) is 4.39. The molecule has 2 aliphatic heterocycles. The van der Waals surface area contributed by atoms with Crippen molar-refractivity contribution in [1.29, 1.82) is 0 Å². The van der Waals surface area contributed by atoms with Crippen molar-refractivity contribution >= 4 is 17.9 Å². The SMILES string of the molecule is CCOC(=O)C1CCN(CN2C(=O)N[C@@]3(CCCC[C@H]3C)C2=O)CC1. The molecule has 7 heteroatoms. The van der Waals surface area contributed by atoms with Gasteiger partial charge < -0.3 is 10.1 Å². The number of carbonyl (C=O) groups is 3. The predicted molar refractivity (Wildman–Crippen MR) is 91.5 cm³/mol. The fraction of sp³-hybridized carbons (Fsp3) is 0.833. The van der Waals surface area contributed by atoms with Crippen LogP contribution < -0.4 is 5.32 Å². The third-order valence-corrected chi connectivity index (χ3v) is 6.05. The van der Waals surface area contributed by atoms with Crippen molar-refractivity contribution in [3.05, 3.63) is 0 Å². The van der Waals surface area contributed by atoms with Crippen molar-refractivity contribution in [3.63, 3.8) is 0 Å². The molecule has 25 heavy (non-hydrogen) atoms. The van der Waals surface area contributed by atoms with E-state index in [4.69, 9.17) is 4.74 Å². The van der Waals surface area contributed by atoms with E-state index in [1.807, 2.05) is 6.92 Å². The lowest BCUT2D eigenvalue weighted by Gasteiger charge is -2.37. The van der Waals surface area contributed by atoms with E-state index in [2.05, 4.69) is 17.1 Å². The van der Waals surface area contributed by atoms with Gasteiger partial charge in [0.25, 0.3) is 5.91 Å². The number of likely N-dealkylation sites (tertiary alicyclic amines) is 1. The Labute approximate surface area is 149 Å². The topological polar surface area (TPSA) is 79.0 Å². The molecular weight excluding hydrogens is 322 g/mol. The molecule has 2 saturated heterocycles. The molecule has 140 valence electrons. The van der Waals surface area contributed by atoms with Crippen LogP contribution in [-0.4, -0.2) is 59.6 Å². The highest BCUT2D eigenvalue weighted by atomic mass is 16.5. The van der Waals surface area contributed by atoms with Crippen LogP contribution in [0.15, 0.2) is 0 Å². The van der Waals surface area contributed by atoms with Crippen LogP contribution in [0.1, 0.15) is 52.4 Å². The molecule has 7 nitrogen and oxygen atoms in total. The minimum absolute atomic E-state index is 0.0657. The average Bonchev–Trinajstić information content (AvgIpc) is 2.83. The monoisotopic (exact) mass is 351 g/mol. The summed E-state index contributed by atoms with van der Waals surface area (Å²) in [5.41, 5.74) is -0.696. The third-order valence-electron chi connectivity index (χ3n) is 6.05. The highest BCUT2D eigenvalue weighted by Gasteiger charge is 2.55. The van der Waals surface area contributed by atoms with E-state index in [-0.39, 0.29) is 29.7 Å². The van der Waals surface area contributed by atoms with E-state index in [0.29, 0.717) is 39.2 Å². The summed E-state index contributed by atoms with van der Waals surface area (Å²) in [6.45, 7) is 5.99. The first-order chi connectivity index (χ1) is 12.0. The Bertz CT molecular complexity index is 544. The van der Waals surface area contributed by atoms with Gasteiger partial charge in [0.1, 0.15) is 5.54 Å². The Hall–Kier alpha value is -1.63. The first-order valence-corrected chi connectivity index (χ1v) is 9.51. The van der Waals surface area contributed by atoms with Gasteiger partial charge in [-0.2, -0.15) is 0 Å². The molecule has 3 rings (SSSR count). The zero-order valence-electron chi connectivity index (χ0n) is 15.3. The molecule has 1 spiro atoms. The van der Waals surface area contributed by atoms with E-state index < -0.39 is 5.54 Å². The molecule has 1 N–H and O–H groups in total. The first-order valence-electron chi connectivity index (χ1n) is 9.51. The molecule has 2 heterocycles. The number of ether oxygens (including phenoxy) is 1. The second-order valence-electron chi connectivity index (χ2n) is 7.57. The van der Waals surface area contributed by atoms with Crippen LogP contribution in [0, 0.1) is 11.8 Å². The number of nitrogens with one attached hydrogen (secondary N) is 1. The minimum Gasteiger partial charge on any atom is -0.466 e. The number of nitrogens with zero attached hydrogens (tertiary/aromatic N) is 2. The van der Waals surface area contributed by atoms with Crippen LogP contribution >= 0.6 is 0 Å². The zero-order valence-corrected chi connectivity index (χ0v) is 15.3. The van der Waals surface area contributed by atoms with E-state index in [0.717, 1.165) is 25.7 Å². The molecule has 0 aromatic carbocycles. The number of hydrogen-bond donors (Lipinski definition) is 1. The molecule has 2 atom stereocenters. The molecule has 3 fully saturated rings. The summed E-state index contributed by atoms with van der Waals surface area (Å²) < 4.78 is 5.09. The number of urea groups is 1. The summed E-state index contributed by atoms with van der Waals surface area (Å²) in [5.74, 6) is -0.0920. The predicted octanol–water partition coefficient (Wildman–Crippen LogP) is 1.72. The van der Waals surface area contributed by atoms with Gasteiger partial charge in [-0.3, -0.25) is 14.5 Å². The maximum absolute atomic E-state index is 13.0. The fourth-order valence-electron chi connectivity index (χ4n) is 4.39. The number of imide groups is 1. The standard InChI is InChI=1S/C18H29N3O4/c1-3-25-15(22)14-7-10-20(11-8-14)12-21-16(23)18(19-17(21)24)9-5-4-6-13(18)2/h13-14H,3-12H2,1-2H3,(H,19,24)/t13-,18-/m1/s1. The van der Waals surface area contributed by atoms with Gasteiger partial charge >= 0.3 is 12.0 Å². The molecule has 3 amide bonds. The van der Waals surface area contributed by atoms with Crippen LogP contribution in [0.3, 0.4) is 0 Å². The van der Waals surface area contributed by atoms with Gasteiger partial charge in [-0.15, -0.1) is 0 Å². The molecule has 0 unspecified atom stereocenters. The average molecular weight is 351 g/mol. The number of hydrogen-bond acceptors (Lipinski definition) is 5. The summed E-state index contributed by atoms with van der Waals surface area (Å²) in [4.78, 5) is 40.7. The molecule has 1 aliphatic carbocycles. The van der Waals surface area contributed by atoms with Crippen molar-refractivity contribution < 1.29 is 19.1 Å². The summed E-state index contributed by atoms with van der Waals surface area (Å²) in [6, 6.07) is -0.272. The van der Waals surface area contributed by atoms with Gasteiger partial charge in [-0.25, -0.2) is 9.69 Å². The lowest BCUT2D eigenvalue weighted by atomic mass is 9.73. The van der Waals surface area contributed by atoms with Crippen molar-refractivity contribution in [3.8, 4) is 0 Å². The highest BCUT2D eigenvalue weighted by molar-refractivity contribution is 6.07. The van der Waals surface area contributed by atoms with Crippen molar-refractivity contribution in [1.82, 2.24) is 15.1 Å². The maximum atomic E-state index is 13.0. The Kier molecular flexibility index (Phi) is 5.32. The minimum atomic E-state index is -0.696. The number of rotatable bonds is 4. The van der Waals surface area contributed by atoms with Gasteiger partial charge in [0.15, 0.2) is 0 Å². The molecular formula is C18H29N3O4. The summed E-state index contributed by atoms with van der Waals surface area (Å²) in [5, 5.41) is 2.99. The second kappa shape index (κ2) is 7.32. The van der Waals surface area contributed by atoms with Gasteiger partial charge in [0.05, 0.1) is 19.2 Å². The van der Waals surface area contributed by atoms with E-state index >= 15 is 0 Å². The number of amides is 3. The molecule has 0 bridgehead atoms. The lowest BCUT2D eigenvalue weighted by molar-refractivity contribution is -0.150. The summed E-state index contributed by atoms with van der Waals surface area (Å²) in [7, 11) is 0. The number of carbonyl (C=O) groups excluding carboxylic acids is 3. The van der Waals surface area contributed by atoms with Crippen LogP contribution in [0.4, 0.5) is 4.79 Å². The van der Waals surface area contributed by atoms with Crippen molar-refractivity contribution in [2.45, 2.75) is 57.9 Å². The van der Waals surface area contributed by atoms with E-state index in [9.17, 15) is 14.4 Å². The quantitative estimate of drug-likeness (QED) is 0.616.